The summed E-state index contributed by atoms with van der Waals surface area (Å²) in [6.07, 6.45) is 7.12. The average Bonchev–Trinajstić information content (AvgIpc) is 3.63. The molecule has 2 aromatic heterocycles. The smallest absolute Gasteiger partial charge is 0.228 e. The highest BCUT2D eigenvalue weighted by Gasteiger charge is 2.32. The van der Waals surface area contributed by atoms with Crippen molar-refractivity contribution in [1.82, 2.24) is 14.8 Å². The van der Waals surface area contributed by atoms with E-state index in [0.717, 1.165) is 35.1 Å². The summed E-state index contributed by atoms with van der Waals surface area (Å²) in [4.78, 5) is 19.5. The maximum Gasteiger partial charge on any atom is 0.228 e. The number of aromatic nitrogens is 3. The second-order valence-electron chi connectivity index (χ2n) is 11.4. The lowest BCUT2D eigenvalue weighted by Crippen LogP contribution is -2.39. The van der Waals surface area contributed by atoms with Gasteiger partial charge in [-0.2, -0.15) is 5.10 Å². The summed E-state index contributed by atoms with van der Waals surface area (Å²) in [5.41, 5.74) is 3.93. The molecular weight excluding hydrogens is 507 g/mol. The van der Waals surface area contributed by atoms with E-state index in [9.17, 15) is 9.18 Å². The number of benzene rings is 1. The van der Waals surface area contributed by atoms with Crippen molar-refractivity contribution in [2.75, 3.05) is 18.1 Å². The Bertz CT molecular complexity index is 1290. The number of carbonyl (C=O) groups is 1. The Morgan fingerprint density at radius 2 is 1.95 bits per heavy atom. The first-order chi connectivity index (χ1) is 17.7. The highest BCUT2D eigenvalue weighted by atomic mass is 35.5. The lowest BCUT2D eigenvalue weighted by molar-refractivity contribution is -0.120. The maximum atomic E-state index is 14.1. The largest absolute Gasteiger partial charge is 0.359 e. The van der Waals surface area contributed by atoms with Crippen LogP contribution in [0.15, 0.2) is 42.7 Å². The minimum absolute atomic E-state index is 0.00134. The van der Waals surface area contributed by atoms with Gasteiger partial charge in [-0.15, -0.1) is 0 Å². The predicted octanol–water partition coefficient (Wildman–Crippen LogP) is 6.84. The number of anilines is 1. The minimum atomic E-state index is -1.22. The zero-order valence-electron chi connectivity index (χ0n) is 21.7. The van der Waals surface area contributed by atoms with Crippen molar-refractivity contribution >= 4 is 31.4 Å². The molecule has 1 aromatic carbocycles. The Morgan fingerprint density at radius 3 is 2.65 bits per heavy atom. The Labute approximate surface area is 223 Å². The molecule has 5 rings (SSSR count). The number of hydrogen-bond acceptors (Lipinski definition) is 4. The van der Waals surface area contributed by atoms with Gasteiger partial charge >= 0.3 is 0 Å². The zero-order valence-corrected chi connectivity index (χ0v) is 23.5. The van der Waals surface area contributed by atoms with E-state index < -0.39 is 13.9 Å². The molecule has 9 heteroatoms. The molecule has 0 radical (unpaired) electrons. The number of pyridine rings is 1. The van der Waals surface area contributed by atoms with Gasteiger partial charge in [-0.3, -0.25) is 14.7 Å². The summed E-state index contributed by atoms with van der Waals surface area (Å²) < 4.78 is 21.9. The predicted molar refractivity (Wildman–Crippen MR) is 147 cm³/mol. The molecule has 1 aliphatic carbocycles. The summed E-state index contributed by atoms with van der Waals surface area (Å²) in [7, 11) is -1.22. The van der Waals surface area contributed by atoms with Crippen molar-refractivity contribution in [2.45, 2.75) is 69.9 Å². The van der Waals surface area contributed by atoms with E-state index in [2.05, 4.69) is 24.6 Å². The molecule has 3 heterocycles. The number of hydrogen-bond donors (Lipinski definition) is 0. The zero-order chi connectivity index (χ0) is 26.2. The van der Waals surface area contributed by atoms with Crippen LogP contribution in [-0.2, 0) is 16.3 Å². The molecule has 37 heavy (non-hydrogen) atoms. The van der Waals surface area contributed by atoms with Crippen LogP contribution in [0.3, 0.4) is 0 Å². The highest BCUT2D eigenvalue weighted by molar-refractivity contribution is 6.76. The lowest BCUT2D eigenvalue weighted by Gasteiger charge is -2.32. The van der Waals surface area contributed by atoms with Crippen molar-refractivity contribution in [2.24, 2.45) is 0 Å². The maximum absolute atomic E-state index is 14.1. The third kappa shape index (κ3) is 6.13. The van der Waals surface area contributed by atoms with E-state index in [0.29, 0.717) is 32.2 Å². The molecule has 2 fully saturated rings. The van der Waals surface area contributed by atoms with Crippen LogP contribution in [-0.4, -0.2) is 41.9 Å². The van der Waals surface area contributed by atoms with E-state index in [-0.39, 0.29) is 16.8 Å². The first kappa shape index (κ1) is 26.1. The molecule has 1 amide bonds. The van der Waals surface area contributed by atoms with Crippen LogP contribution < -0.4 is 4.90 Å². The molecule has 3 aromatic rings. The summed E-state index contributed by atoms with van der Waals surface area (Å²) >= 11 is 5.86. The Hall–Kier alpha value is -2.55. The average molecular weight is 541 g/mol. The summed E-state index contributed by atoms with van der Waals surface area (Å²) in [5, 5.41) is 5.01. The SMILES string of the molecule is C[Si](C)(C)CCOCn1nc(-c2ccncc2C2CC2)cc1N1CCC(c2ccc(Cl)c(F)c2)CC1=O. The molecule has 1 unspecified atom stereocenters. The molecular formula is C28H34ClFN4O2Si. The third-order valence-electron chi connectivity index (χ3n) is 7.23. The van der Waals surface area contributed by atoms with E-state index in [1.807, 2.05) is 29.1 Å². The molecule has 1 saturated carbocycles. The molecule has 1 aliphatic heterocycles. The van der Waals surface area contributed by atoms with Crippen molar-refractivity contribution in [3.05, 3.63) is 64.7 Å². The van der Waals surface area contributed by atoms with Crippen LogP contribution in [0.4, 0.5) is 10.2 Å². The van der Waals surface area contributed by atoms with Gasteiger partial charge < -0.3 is 4.74 Å². The van der Waals surface area contributed by atoms with Gasteiger partial charge in [-0.25, -0.2) is 9.07 Å². The molecule has 1 atom stereocenters. The van der Waals surface area contributed by atoms with E-state index in [4.69, 9.17) is 21.4 Å². The fraction of sp³-hybridized carbons (Fsp3) is 0.464. The number of amides is 1. The Morgan fingerprint density at radius 1 is 1.14 bits per heavy atom. The number of piperidine rings is 1. The number of carbonyl (C=O) groups excluding carboxylic acids is 1. The molecule has 0 bridgehead atoms. The van der Waals surface area contributed by atoms with Crippen LogP contribution in [0.2, 0.25) is 30.7 Å². The summed E-state index contributed by atoms with van der Waals surface area (Å²) in [6, 6.07) is 9.91. The number of ether oxygens (including phenoxy) is 1. The van der Waals surface area contributed by atoms with E-state index >= 15 is 0 Å². The van der Waals surface area contributed by atoms with Crippen LogP contribution in [0.1, 0.15) is 48.6 Å². The van der Waals surface area contributed by atoms with E-state index in [1.54, 1.807) is 17.2 Å². The van der Waals surface area contributed by atoms with Crippen molar-refractivity contribution in [1.29, 1.82) is 0 Å². The lowest BCUT2D eigenvalue weighted by atomic mass is 9.89. The molecule has 6 nitrogen and oxygen atoms in total. The van der Waals surface area contributed by atoms with Gasteiger partial charge in [-0.05, 0) is 66.5 Å². The number of rotatable bonds is 9. The normalized spacial score (nSPS) is 18.5. The quantitative estimate of drug-likeness (QED) is 0.220. The van der Waals surface area contributed by atoms with Crippen molar-refractivity contribution in [3.63, 3.8) is 0 Å². The second-order valence-corrected chi connectivity index (χ2v) is 17.4. The topological polar surface area (TPSA) is 60.2 Å². The monoisotopic (exact) mass is 540 g/mol. The third-order valence-corrected chi connectivity index (χ3v) is 9.24. The Balaban J connectivity index is 1.39. The molecule has 0 N–H and O–H groups in total. The Kier molecular flexibility index (Phi) is 7.52. The van der Waals surface area contributed by atoms with Gasteiger partial charge in [0, 0.05) is 51.7 Å². The fourth-order valence-corrected chi connectivity index (χ4v) is 5.74. The van der Waals surface area contributed by atoms with Gasteiger partial charge in [0.25, 0.3) is 0 Å². The summed E-state index contributed by atoms with van der Waals surface area (Å²) in [5.74, 6) is 0.783. The standard InChI is InChI=1S/C28H34ClFN4O2Si/c1-37(2,3)13-12-36-18-34-27(16-26(32-34)22-8-10-31-17-23(22)19-4-5-19)33-11-9-21(15-28(33)35)20-6-7-24(29)25(30)14-20/h6-8,10,14,16-17,19,21H,4-5,9,11-13,15,18H2,1-3H3. The van der Waals surface area contributed by atoms with Gasteiger partial charge in [-0.1, -0.05) is 37.3 Å². The number of nitrogens with zero attached hydrogens (tertiary/aromatic N) is 4. The van der Waals surface area contributed by atoms with E-state index in [1.165, 1.54) is 24.5 Å². The molecule has 0 spiro atoms. The van der Waals surface area contributed by atoms with Crippen LogP contribution >= 0.6 is 11.6 Å². The molecule has 196 valence electrons. The van der Waals surface area contributed by atoms with Gasteiger partial charge in [0.1, 0.15) is 18.4 Å². The van der Waals surface area contributed by atoms with Gasteiger partial charge in [0.2, 0.25) is 5.91 Å². The van der Waals surface area contributed by atoms with Gasteiger partial charge in [0.15, 0.2) is 0 Å². The van der Waals surface area contributed by atoms with Crippen molar-refractivity contribution < 1.29 is 13.9 Å². The summed E-state index contributed by atoms with van der Waals surface area (Å²) in [6.45, 7) is 8.47. The van der Waals surface area contributed by atoms with Crippen LogP contribution in [0.5, 0.6) is 0 Å². The molecule has 1 saturated heterocycles. The van der Waals surface area contributed by atoms with Crippen molar-refractivity contribution in [3.8, 4) is 11.3 Å². The highest BCUT2D eigenvalue weighted by Crippen LogP contribution is 2.44. The molecule has 2 aliphatic rings. The number of halogens is 2. The van der Waals surface area contributed by atoms with Crippen LogP contribution in [0, 0.1) is 5.82 Å². The second kappa shape index (κ2) is 10.7. The first-order valence-electron chi connectivity index (χ1n) is 13.0. The van der Waals surface area contributed by atoms with Gasteiger partial charge in [0.05, 0.1) is 10.7 Å². The fourth-order valence-electron chi connectivity index (χ4n) is 4.87. The minimum Gasteiger partial charge on any atom is -0.359 e. The van der Waals surface area contributed by atoms with Crippen LogP contribution in [0.25, 0.3) is 11.3 Å². The first-order valence-corrected chi connectivity index (χ1v) is 17.1.